The zero-order valence-electron chi connectivity index (χ0n) is 42.1. The molecule has 376 valence electrons. The molecule has 0 spiro atoms. The monoisotopic (exact) mass is 1180 g/mol. The fraction of sp³-hybridized carbons (Fsp3) is 0.708. The molecule has 2 aromatic rings. The van der Waals surface area contributed by atoms with Gasteiger partial charge >= 0.3 is 51.4 Å². The Kier molecular flexibility index (Phi) is 24.4. The van der Waals surface area contributed by atoms with E-state index in [9.17, 15) is 26.4 Å². The van der Waals surface area contributed by atoms with Gasteiger partial charge in [-0.25, -0.2) is 16.8 Å². The minimum Gasteiger partial charge on any atom is -0.857 e. The predicted molar refractivity (Wildman–Crippen MR) is 263 cm³/mol. The molecule has 2 aromatic carbocycles. The van der Waals surface area contributed by atoms with Crippen molar-refractivity contribution in [3.8, 4) is 0 Å². The third-order valence-electron chi connectivity index (χ3n) is 15.2. The second-order valence-electron chi connectivity index (χ2n) is 20.4. The zero-order valence-corrected chi connectivity index (χ0v) is 52.5. The first-order valence-electron chi connectivity index (χ1n) is 22.8. The Morgan fingerprint density at radius 3 is 1.40 bits per heavy atom. The number of nitrogens with one attached hydrogen (secondary N) is 3. The Labute approximate surface area is 479 Å². The van der Waals surface area contributed by atoms with Crippen molar-refractivity contribution in [1.82, 2.24) is 24.6 Å². The number of morpholine rings is 2. The number of carbonyl (C=O) groups is 2. The van der Waals surface area contributed by atoms with Crippen LogP contribution in [0.15, 0.2) is 50.7 Å². The number of benzene rings is 2. The summed E-state index contributed by atoms with van der Waals surface area (Å²) in [7, 11) is 0.698. The zero-order chi connectivity index (χ0) is 48.3. The van der Waals surface area contributed by atoms with E-state index in [1.807, 2.05) is 28.2 Å². The van der Waals surface area contributed by atoms with Gasteiger partial charge in [-0.05, 0) is 138 Å². The van der Waals surface area contributed by atoms with E-state index in [0.29, 0.717) is 85.7 Å². The van der Waals surface area contributed by atoms with Crippen LogP contribution < -0.4 is 77.3 Å². The molecular weight excluding hydrogens is 1100 g/mol. The van der Waals surface area contributed by atoms with Crippen LogP contribution in [0.1, 0.15) is 108 Å². The standard InChI is InChI=1S/C23H35N3O4S.C21H29BrN2O4S.C2H7N.CH3O.CH4.Cd.K/c1-22(2)17-8-9-23(3,15-17)21(22)24-20(27)16-6-7-18(25(4)5)19(14-16)31(28,29)26-10-12-30-13-11-26;1-20(2)15-6-7-21(3,13-15)19(20)23-18(25)14-4-5-16(22)17(12-14)29(26,27)24-8-10-28-11-9-24;1-3-2;1-2;;;/h6-7,14,17,21H,8-13,15H2,1-5H3,(H,24,27);4-5,12,15,19H,6-11,13H2,1-3H3,(H,23,25);3H,1-2H3;1H3;1H4;;/q;;;-1;;;+1/t17-,21?,23+;15-,19?,21+;;;;;/m11...../s1. The summed E-state index contributed by atoms with van der Waals surface area (Å²) in [4.78, 5) is 28.5. The number of amides is 2. The van der Waals surface area contributed by atoms with Crippen LogP contribution in [0.4, 0.5) is 5.69 Å². The van der Waals surface area contributed by atoms with Crippen molar-refractivity contribution in [1.29, 1.82) is 0 Å². The van der Waals surface area contributed by atoms with Crippen molar-refractivity contribution in [3.05, 3.63) is 52.0 Å². The summed E-state index contributed by atoms with van der Waals surface area (Å²) in [5, 5.41) is 17.5. The molecule has 2 unspecified atom stereocenters. The van der Waals surface area contributed by atoms with E-state index in [4.69, 9.17) is 14.6 Å². The van der Waals surface area contributed by atoms with Crippen molar-refractivity contribution in [3.63, 3.8) is 0 Å². The normalized spacial score (nSPS) is 27.7. The predicted octanol–water partition coefficient (Wildman–Crippen LogP) is 2.58. The van der Waals surface area contributed by atoms with Gasteiger partial charge in [-0.15, -0.1) is 0 Å². The molecule has 6 aliphatic rings. The quantitative estimate of drug-likeness (QED) is 0.313. The van der Waals surface area contributed by atoms with Gasteiger partial charge < -0.3 is 35.4 Å². The average Bonchev–Trinajstić information content (AvgIpc) is 3.98. The van der Waals surface area contributed by atoms with Crippen LogP contribution in [0.3, 0.4) is 0 Å². The molecule has 4 aliphatic carbocycles. The first-order valence-corrected chi connectivity index (χ1v) is 26.5. The first kappa shape index (κ1) is 64.0. The minimum absolute atomic E-state index is 0. The van der Waals surface area contributed by atoms with Gasteiger partial charge in [0.25, 0.3) is 11.8 Å². The number of rotatable bonds is 9. The second-order valence-corrected chi connectivity index (χ2v) is 25.1. The van der Waals surface area contributed by atoms with Gasteiger partial charge in [0.1, 0.15) is 4.90 Å². The molecule has 2 amide bonds. The number of fused-ring (bicyclic) bond motifs is 4. The summed E-state index contributed by atoms with van der Waals surface area (Å²) in [6.07, 6.45) is 6.97. The van der Waals surface area contributed by atoms with Crippen molar-refractivity contribution in [2.75, 3.05) is 92.8 Å². The molecule has 2 aliphatic heterocycles. The van der Waals surface area contributed by atoms with Gasteiger partial charge in [0.15, 0.2) is 0 Å². The summed E-state index contributed by atoms with van der Waals surface area (Å²) < 4.78 is 66.9. The smallest absolute Gasteiger partial charge is 0.857 e. The first-order chi connectivity index (χ1) is 30.4. The molecule has 2 saturated heterocycles. The van der Waals surface area contributed by atoms with Crippen LogP contribution in [0.2, 0.25) is 0 Å². The van der Waals surface area contributed by atoms with Gasteiger partial charge in [0.05, 0.1) is 37.0 Å². The molecule has 0 aromatic heterocycles. The van der Waals surface area contributed by atoms with E-state index in [0.717, 1.165) is 32.8 Å². The molecular formula is C48H78BrCdKN6O9S2. The number of sulfonamides is 2. The Hall–Kier alpha value is -0.122. The largest absolute Gasteiger partial charge is 1.00 e. The van der Waals surface area contributed by atoms with E-state index in [1.165, 1.54) is 33.6 Å². The van der Waals surface area contributed by atoms with Crippen molar-refractivity contribution in [2.45, 2.75) is 109 Å². The molecule has 20 heteroatoms. The fourth-order valence-corrected chi connectivity index (χ4v) is 15.7. The number of nitrogens with zero attached hydrogens (tertiary/aromatic N) is 3. The van der Waals surface area contributed by atoms with Gasteiger partial charge in [-0.1, -0.05) is 49.0 Å². The molecule has 8 rings (SSSR count). The van der Waals surface area contributed by atoms with Crippen molar-refractivity contribution in [2.24, 2.45) is 33.5 Å². The topological polar surface area (TPSA) is 190 Å². The Morgan fingerprint density at radius 2 is 1.04 bits per heavy atom. The molecule has 4 bridgehead atoms. The van der Waals surface area contributed by atoms with Crippen molar-refractivity contribution < 1.29 is 120 Å². The summed E-state index contributed by atoms with van der Waals surface area (Å²) in [5.41, 5.74) is 1.64. The van der Waals surface area contributed by atoms with E-state index in [2.05, 4.69) is 73.4 Å². The number of anilines is 1. The molecule has 68 heavy (non-hydrogen) atoms. The number of halogens is 1. The molecule has 6 atom stereocenters. The third-order valence-corrected chi connectivity index (χ3v) is 20.0. The SMILES string of the molecule is C.CC1(C)C(NC(=O)c2ccc(Br)c(S(=O)(=O)N3CCOCC3)c2)[C@@]2(C)CC[C@@H]1C2.CN(C)c1ccc(C(=O)NC2C(C)(C)[C@@H]3CC[C@@]2(C)C3)cc1S(=O)(=O)N1CCOCC1.CNC.C[O-].[Cd].[K+]. The number of ether oxygens (including phenoxy) is 2. The Balaban J connectivity index is 0.000000411. The third kappa shape index (κ3) is 13.4. The molecule has 6 fully saturated rings. The van der Waals surface area contributed by atoms with E-state index >= 15 is 0 Å². The van der Waals surface area contributed by atoms with Gasteiger partial charge in [0, 0.05) is 95.3 Å². The summed E-state index contributed by atoms with van der Waals surface area (Å²) in [5.74, 6) is 0.842. The summed E-state index contributed by atoms with van der Waals surface area (Å²) >= 11 is 3.35. The van der Waals surface area contributed by atoms with Gasteiger partial charge in [-0.2, -0.15) is 15.7 Å². The van der Waals surface area contributed by atoms with Gasteiger partial charge in [0.2, 0.25) is 20.0 Å². The maximum absolute atomic E-state index is 13.4. The molecule has 2 heterocycles. The second kappa shape index (κ2) is 25.9. The van der Waals surface area contributed by atoms with Crippen LogP contribution >= 0.6 is 15.9 Å². The van der Waals surface area contributed by atoms with E-state index in [1.54, 1.807) is 29.2 Å². The van der Waals surface area contributed by atoms with Crippen LogP contribution in [-0.4, -0.2) is 137 Å². The average molecular weight is 1180 g/mol. The maximum atomic E-state index is 13.4. The maximum Gasteiger partial charge on any atom is 1.00 e. The van der Waals surface area contributed by atoms with E-state index in [-0.39, 0.29) is 141 Å². The van der Waals surface area contributed by atoms with Crippen LogP contribution in [0.25, 0.3) is 0 Å². The summed E-state index contributed by atoms with van der Waals surface area (Å²) in [6.45, 7) is 16.3. The summed E-state index contributed by atoms with van der Waals surface area (Å²) in [6, 6.07) is 9.99. The number of hydrogen-bond acceptors (Lipinski definition) is 11. The molecule has 15 nitrogen and oxygen atoms in total. The van der Waals surface area contributed by atoms with Crippen LogP contribution in [-0.2, 0) is 56.8 Å². The van der Waals surface area contributed by atoms with Crippen LogP contribution in [0.5, 0.6) is 0 Å². The minimum atomic E-state index is -3.73. The van der Waals surface area contributed by atoms with E-state index < -0.39 is 20.0 Å². The van der Waals surface area contributed by atoms with Gasteiger partial charge in [-0.3, -0.25) is 9.59 Å². The number of carbonyl (C=O) groups excluding carboxylic acids is 2. The Bertz CT molecular complexity index is 2240. The molecule has 4 saturated carbocycles. The van der Waals surface area contributed by atoms with Crippen LogP contribution in [0, 0.1) is 33.5 Å². The number of hydrogen-bond donors (Lipinski definition) is 3. The molecule has 3 N–H and O–H groups in total. The molecule has 0 radical (unpaired) electrons. The van der Waals surface area contributed by atoms with Crippen molar-refractivity contribution >= 4 is 53.5 Å². The fourth-order valence-electron chi connectivity index (χ4n) is 11.7. The Morgan fingerprint density at radius 1 is 0.691 bits per heavy atom.